The van der Waals surface area contributed by atoms with E-state index in [2.05, 4.69) is 60.8 Å². The van der Waals surface area contributed by atoms with Crippen molar-refractivity contribution in [3.8, 4) is 0 Å². The van der Waals surface area contributed by atoms with Gasteiger partial charge in [-0.05, 0) is 63.5 Å². The quantitative estimate of drug-likeness (QED) is 0.434. The number of hydrogen-bond acceptors (Lipinski definition) is 1. The topological polar surface area (TPSA) is 0 Å². The Labute approximate surface area is 110 Å². The van der Waals surface area contributed by atoms with Crippen LogP contribution < -0.4 is 0 Å². The van der Waals surface area contributed by atoms with Gasteiger partial charge in [-0.3, -0.25) is 0 Å². The van der Waals surface area contributed by atoms with Crippen LogP contribution in [-0.4, -0.2) is 0 Å². The van der Waals surface area contributed by atoms with Gasteiger partial charge < -0.3 is 0 Å². The summed E-state index contributed by atoms with van der Waals surface area (Å²) in [5, 5.41) is 4.82. The zero-order valence-electron chi connectivity index (χ0n) is 10.1. The van der Waals surface area contributed by atoms with Crippen molar-refractivity contribution in [2.75, 3.05) is 0 Å². The molecule has 0 aliphatic heterocycles. The molecule has 1 aliphatic rings. The fraction of sp³-hybridized carbons (Fsp3) is 0.0588. The van der Waals surface area contributed by atoms with Crippen molar-refractivity contribution in [3.05, 3.63) is 69.9 Å². The molecule has 1 aromatic heterocycles. The summed E-state index contributed by atoms with van der Waals surface area (Å²) in [6.07, 6.45) is 0. The van der Waals surface area contributed by atoms with Gasteiger partial charge >= 0.3 is 0 Å². The average molecular weight is 248 g/mol. The molecule has 0 fully saturated rings. The van der Waals surface area contributed by atoms with E-state index in [4.69, 9.17) is 0 Å². The minimum absolute atomic E-state index is 1.34. The first kappa shape index (κ1) is 10.1. The normalized spacial score (nSPS) is 12.6. The number of rotatable bonds is 1. The van der Waals surface area contributed by atoms with Crippen LogP contribution in [0, 0.1) is 0 Å². The molecule has 4 rings (SSSR count). The van der Waals surface area contributed by atoms with E-state index in [9.17, 15) is 0 Å². The van der Waals surface area contributed by atoms with E-state index in [0.717, 1.165) is 0 Å². The Kier molecular flexibility index (Phi) is 2.00. The highest BCUT2D eigenvalue weighted by atomic mass is 32.1. The summed E-state index contributed by atoms with van der Waals surface area (Å²) in [6, 6.07) is 17.5. The summed E-state index contributed by atoms with van der Waals surface area (Å²) in [7, 11) is 0. The largest absolute Gasteiger partial charge is 0.144 e. The third-order valence-corrected chi connectivity index (χ3v) is 4.62. The third-order valence-electron chi connectivity index (χ3n) is 3.63. The van der Waals surface area contributed by atoms with Crippen molar-refractivity contribution in [2.24, 2.45) is 0 Å². The summed E-state index contributed by atoms with van der Waals surface area (Å²) in [5.41, 5.74) is 5.73. The molecule has 1 aliphatic carbocycles. The van der Waals surface area contributed by atoms with Crippen LogP contribution >= 0.6 is 11.3 Å². The van der Waals surface area contributed by atoms with Crippen molar-refractivity contribution in [2.45, 2.75) is 6.92 Å². The van der Waals surface area contributed by atoms with E-state index in [-0.39, 0.29) is 0 Å². The monoisotopic (exact) mass is 248 g/mol. The molecule has 0 spiro atoms. The fourth-order valence-corrected chi connectivity index (χ4v) is 3.36. The predicted octanol–water partition coefficient (Wildman–Crippen LogP) is 5.19. The van der Waals surface area contributed by atoms with E-state index in [1.54, 1.807) is 0 Å². The molecule has 0 amide bonds. The Morgan fingerprint density at radius 1 is 0.889 bits per heavy atom. The van der Waals surface area contributed by atoms with Crippen molar-refractivity contribution < 1.29 is 0 Å². The summed E-state index contributed by atoms with van der Waals surface area (Å²) in [5.74, 6) is 0. The van der Waals surface area contributed by atoms with Gasteiger partial charge in [0.1, 0.15) is 0 Å². The maximum atomic E-state index is 2.32. The zero-order valence-corrected chi connectivity index (χ0v) is 10.9. The Morgan fingerprint density at radius 2 is 1.56 bits per heavy atom. The average Bonchev–Trinajstić information content (AvgIpc) is 2.86. The fourth-order valence-electron chi connectivity index (χ4n) is 2.62. The van der Waals surface area contributed by atoms with E-state index in [1.165, 1.54) is 37.9 Å². The van der Waals surface area contributed by atoms with Gasteiger partial charge in [0.2, 0.25) is 0 Å². The second-order valence-electron chi connectivity index (χ2n) is 4.72. The molecule has 0 radical (unpaired) electrons. The van der Waals surface area contributed by atoms with Gasteiger partial charge in [0.25, 0.3) is 0 Å². The molecule has 2 aromatic carbocycles. The van der Waals surface area contributed by atoms with Crippen molar-refractivity contribution in [3.63, 3.8) is 0 Å². The first-order valence-electron chi connectivity index (χ1n) is 6.13. The van der Waals surface area contributed by atoms with Crippen LogP contribution in [0.2, 0.25) is 0 Å². The second-order valence-corrected chi connectivity index (χ2v) is 5.67. The van der Waals surface area contributed by atoms with E-state index < -0.39 is 0 Å². The molecule has 0 nitrogen and oxygen atoms in total. The summed E-state index contributed by atoms with van der Waals surface area (Å²) in [4.78, 5) is 1.38. The Hall–Kier alpha value is -1.86. The standard InChI is InChI=1S/C17H12S/c1-11(16-7-4-8-18-16)17-14-9-12-5-2-3-6-13(12)10-15(14)17/h2-10H,1H3. The highest BCUT2D eigenvalue weighted by molar-refractivity contribution is 7.11. The number of benzene rings is 2. The molecule has 0 saturated heterocycles. The molecule has 3 aromatic rings. The van der Waals surface area contributed by atoms with Gasteiger partial charge in [0, 0.05) is 4.88 Å². The molecule has 0 unspecified atom stereocenters. The summed E-state index contributed by atoms with van der Waals surface area (Å²) in [6.45, 7) is 2.23. The van der Waals surface area contributed by atoms with Gasteiger partial charge in [0.15, 0.2) is 0 Å². The van der Waals surface area contributed by atoms with Gasteiger partial charge in [-0.25, -0.2) is 0 Å². The highest BCUT2D eigenvalue weighted by Crippen LogP contribution is 2.49. The van der Waals surface area contributed by atoms with Crippen LogP contribution in [0.3, 0.4) is 0 Å². The van der Waals surface area contributed by atoms with Gasteiger partial charge in [-0.2, -0.15) is 0 Å². The second kappa shape index (κ2) is 3.56. The van der Waals surface area contributed by atoms with Crippen LogP contribution in [0.5, 0.6) is 0 Å². The maximum Gasteiger partial charge on any atom is 0.0305 e. The summed E-state index contributed by atoms with van der Waals surface area (Å²) < 4.78 is 0. The van der Waals surface area contributed by atoms with Crippen LogP contribution in [0.15, 0.2) is 53.9 Å². The number of hydrogen-bond donors (Lipinski definition) is 0. The van der Waals surface area contributed by atoms with E-state index in [1.807, 2.05) is 11.3 Å². The Bertz CT molecular complexity index is 732. The van der Waals surface area contributed by atoms with Crippen molar-refractivity contribution >= 4 is 33.3 Å². The lowest BCUT2D eigenvalue weighted by atomic mass is 10.1. The lowest BCUT2D eigenvalue weighted by Gasteiger charge is -1.92. The number of fused-ring (bicyclic) bond motifs is 2. The van der Waals surface area contributed by atoms with Crippen LogP contribution in [0.4, 0.5) is 0 Å². The van der Waals surface area contributed by atoms with E-state index >= 15 is 0 Å². The molecule has 86 valence electrons. The molecule has 0 atom stereocenters. The number of thiophene rings is 1. The first-order valence-corrected chi connectivity index (χ1v) is 7.01. The molecule has 18 heavy (non-hydrogen) atoms. The zero-order chi connectivity index (χ0) is 12.1. The van der Waals surface area contributed by atoms with Gasteiger partial charge in [-0.1, -0.05) is 30.3 Å². The molecule has 0 N–H and O–H groups in total. The molecular weight excluding hydrogens is 236 g/mol. The first-order chi connectivity index (χ1) is 8.84. The lowest BCUT2D eigenvalue weighted by Crippen LogP contribution is -1.69. The molecular formula is C17H12S. The van der Waals surface area contributed by atoms with Crippen LogP contribution in [0.1, 0.15) is 22.9 Å². The summed E-state index contributed by atoms with van der Waals surface area (Å²) >= 11 is 1.82. The van der Waals surface area contributed by atoms with E-state index in [0.29, 0.717) is 0 Å². The minimum Gasteiger partial charge on any atom is -0.144 e. The third kappa shape index (κ3) is 1.37. The molecule has 1 heteroatoms. The van der Waals surface area contributed by atoms with Crippen LogP contribution in [0.25, 0.3) is 21.9 Å². The lowest BCUT2D eigenvalue weighted by molar-refractivity contribution is 1.74. The molecule has 0 bridgehead atoms. The predicted molar refractivity (Wildman–Crippen MR) is 79.9 cm³/mol. The Balaban J connectivity index is 1.91. The van der Waals surface area contributed by atoms with Crippen molar-refractivity contribution in [1.82, 2.24) is 0 Å². The molecule has 1 heterocycles. The smallest absolute Gasteiger partial charge is 0.0305 e. The maximum absolute atomic E-state index is 2.32. The van der Waals surface area contributed by atoms with Crippen LogP contribution in [-0.2, 0) is 0 Å². The Morgan fingerprint density at radius 3 is 2.11 bits per heavy atom. The van der Waals surface area contributed by atoms with Gasteiger partial charge in [-0.15, -0.1) is 11.3 Å². The van der Waals surface area contributed by atoms with Crippen molar-refractivity contribution in [1.29, 1.82) is 0 Å². The number of allylic oxidation sites excluding steroid dienone is 1. The minimum atomic E-state index is 1.34. The molecule has 0 saturated carbocycles. The van der Waals surface area contributed by atoms with Gasteiger partial charge in [0.05, 0.1) is 0 Å². The SMILES string of the molecule is CC(=C1c2cc3ccccc3cc21)c1cccs1. The highest BCUT2D eigenvalue weighted by Gasteiger charge is 2.28.